The first-order chi connectivity index (χ1) is 9.54. The summed E-state index contributed by atoms with van der Waals surface area (Å²) in [7, 11) is 2.09. The van der Waals surface area contributed by atoms with Gasteiger partial charge in [-0.3, -0.25) is 0 Å². The highest BCUT2D eigenvalue weighted by atomic mass is 16.3. The normalized spacial score (nSPS) is 17.4. The number of hydrogen-bond acceptors (Lipinski definition) is 3. The van der Waals surface area contributed by atoms with Crippen LogP contribution in [-0.2, 0) is 6.54 Å². The topological polar surface area (TPSA) is 35.5 Å². The molecule has 0 radical (unpaired) electrons. The summed E-state index contributed by atoms with van der Waals surface area (Å²) >= 11 is 0. The van der Waals surface area contributed by atoms with Crippen LogP contribution in [0.4, 0.5) is 5.69 Å². The molecule has 0 spiro atoms. The molecule has 1 aromatic carbocycles. The van der Waals surface area contributed by atoms with Crippen LogP contribution in [0.3, 0.4) is 0 Å². The number of likely N-dealkylation sites (N-methyl/N-ethyl adjacent to an activating group) is 1. The Morgan fingerprint density at radius 1 is 1.30 bits per heavy atom. The van der Waals surface area contributed by atoms with Crippen LogP contribution in [0, 0.1) is 6.92 Å². The van der Waals surface area contributed by atoms with Crippen molar-refractivity contribution in [2.24, 2.45) is 0 Å². The summed E-state index contributed by atoms with van der Waals surface area (Å²) in [5, 5.41) is 13.9. The number of nitrogens with zero attached hydrogens (tertiary/aromatic N) is 1. The van der Waals surface area contributed by atoms with Gasteiger partial charge in [0.2, 0.25) is 0 Å². The van der Waals surface area contributed by atoms with Gasteiger partial charge in [0.25, 0.3) is 0 Å². The fourth-order valence-corrected chi connectivity index (χ4v) is 3.24. The second-order valence-corrected chi connectivity index (χ2v) is 6.19. The zero-order valence-electron chi connectivity index (χ0n) is 13.1. The molecule has 1 aliphatic carbocycles. The van der Waals surface area contributed by atoms with Gasteiger partial charge in [0.05, 0.1) is 5.60 Å². The van der Waals surface area contributed by atoms with Crippen molar-refractivity contribution in [3.63, 3.8) is 0 Å². The summed E-state index contributed by atoms with van der Waals surface area (Å²) in [6, 6.07) is 6.60. The predicted octanol–water partition coefficient (Wildman–Crippen LogP) is 2.85. The third-order valence-corrected chi connectivity index (χ3v) is 4.32. The Bertz CT molecular complexity index is 439. The van der Waals surface area contributed by atoms with Crippen LogP contribution in [0.5, 0.6) is 0 Å². The summed E-state index contributed by atoms with van der Waals surface area (Å²) in [4.78, 5) is 2.21. The average Bonchev–Trinajstić information content (AvgIpc) is 2.82. The van der Waals surface area contributed by atoms with E-state index in [1.54, 1.807) is 0 Å². The monoisotopic (exact) mass is 276 g/mol. The number of aryl methyl sites for hydroxylation is 1. The van der Waals surface area contributed by atoms with Crippen LogP contribution in [-0.4, -0.2) is 30.8 Å². The van der Waals surface area contributed by atoms with Gasteiger partial charge in [0, 0.05) is 25.8 Å². The first kappa shape index (κ1) is 15.3. The van der Waals surface area contributed by atoms with E-state index in [1.165, 1.54) is 16.8 Å². The lowest BCUT2D eigenvalue weighted by Gasteiger charge is -2.31. The second-order valence-electron chi connectivity index (χ2n) is 6.19. The quantitative estimate of drug-likeness (QED) is 0.838. The molecule has 1 saturated carbocycles. The molecule has 0 unspecified atom stereocenters. The first-order valence-corrected chi connectivity index (χ1v) is 7.78. The molecule has 0 amide bonds. The van der Waals surface area contributed by atoms with Crippen molar-refractivity contribution >= 4 is 5.69 Å². The smallest absolute Gasteiger partial charge is 0.0821 e. The van der Waals surface area contributed by atoms with Crippen molar-refractivity contribution < 1.29 is 5.11 Å². The Labute approximate surface area is 123 Å². The molecule has 0 bridgehead atoms. The van der Waals surface area contributed by atoms with Crippen LogP contribution in [0.1, 0.15) is 43.7 Å². The van der Waals surface area contributed by atoms with Crippen LogP contribution in [0.2, 0.25) is 0 Å². The van der Waals surface area contributed by atoms with E-state index < -0.39 is 5.60 Å². The molecular formula is C17H28N2O. The lowest BCUT2D eigenvalue weighted by atomic mass is 10.0. The maximum Gasteiger partial charge on any atom is 0.0821 e. The van der Waals surface area contributed by atoms with Crippen molar-refractivity contribution in [3.05, 3.63) is 29.3 Å². The van der Waals surface area contributed by atoms with E-state index in [-0.39, 0.29) is 0 Å². The van der Waals surface area contributed by atoms with E-state index in [0.29, 0.717) is 0 Å². The highest BCUT2D eigenvalue weighted by molar-refractivity contribution is 5.54. The number of aliphatic hydroxyl groups is 1. The molecule has 112 valence electrons. The molecule has 20 heavy (non-hydrogen) atoms. The first-order valence-electron chi connectivity index (χ1n) is 7.78. The summed E-state index contributed by atoms with van der Waals surface area (Å²) in [5.74, 6) is 0. The molecule has 3 nitrogen and oxygen atoms in total. The van der Waals surface area contributed by atoms with Crippen molar-refractivity contribution in [1.29, 1.82) is 0 Å². The SMILES string of the molecule is CCNCc1ccc(N(C)CC2(O)CCCC2)c(C)c1. The molecule has 1 aliphatic rings. The molecule has 0 saturated heterocycles. The van der Waals surface area contributed by atoms with Gasteiger partial charge in [-0.25, -0.2) is 0 Å². The third-order valence-electron chi connectivity index (χ3n) is 4.32. The number of hydrogen-bond donors (Lipinski definition) is 2. The molecule has 1 fully saturated rings. The predicted molar refractivity (Wildman–Crippen MR) is 85.2 cm³/mol. The van der Waals surface area contributed by atoms with Crippen molar-refractivity contribution in [2.75, 3.05) is 25.0 Å². The third kappa shape index (κ3) is 3.74. The van der Waals surface area contributed by atoms with E-state index in [4.69, 9.17) is 0 Å². The Balaban J connectivity index is 2.04. The summed E-state index contributed by atoms with van der Waals surface area (Å²) in [6.07, 6.45) is 4.19. The molecule has 0 atom stereocenters. The number of nitrogens with one attached hydrogen (secondary N) is 1. The van der Waals surface area contributed by atoms with Gasteiger partial charge >= 0.3 is 0 Å². The summed E-state index contributed by atoms with van der Waals surface area (Å²) in [5.41, 5.74) is 3.35. The van der Waals surface area contributed by atoms with Crippen molar-refractivity contribution in [3.8, 4) is 0 Å². The molecular weight excluding hydrogens is 248 g/mol. The van der Waals surface area contributed by atoms with E-state index >= 15 is 0 Å². The van der Waals surface area contributed by atoms with Crippen LogP contribution >= 0.6 is 0 Å². The summed E-state index contributed by atoms with van der Waals surface area (Å²) in [6.45, 7) is 6.93. The standard InChI is InChI=1S/C17H28N2O/c1-4-18-12-15-7-8-16(14(2)11-15)19(3)13-17(20)9-5-6-10-17/h7-8,11,18,20H,4-6,9-10,12-13H2,1-3H3. The molecule has 0 heterocycles. The number of rotatable bonds is 6. The lowest BCUT2D eigenvalue weighted by molar-refractivity contribution is 0.0559. The second kappa shape index (κ2) is 6.59. The highest BCUT2D eigenvalue weighted by Gasteiger charge is 2.32. The van der Waals surface area contributed by atoms with Crippen LogP contribution in [0.25, 0.3) is 0 Å². The van der Waals surface area contributed by atoms with Gasteiger partial charge in [0.1, 0.15) is 0 Å². The summed E-state index contributed by atoms with van der Waals surface area (Å²) < 4.78 is 0. The fourth-order valence-electron chi connectivity index (χ4n) is 3.24. The van der Waals surface area contributed by atoms with E-state index in [2.05, 4.69) is 49.3 Å². The fraction of sp³-hybridized carbons (Fsp3) is 0.647. The molecule has 0 aromatic heterocycles. The molecule has 2 N–H and O–H groups in total. The van der Waals surface area contributed by atoms with E-state index in [9.17, 15) is 5.11 Å². The van der Waals surface area contributed by atoms with Gasteiger partial charge in [-0.05, 0) is 43.5 Å². The van der Waals surface area contributed by atoms with Gasteiger partial charge in [-0.1, -0.05) is 31.9 Å². The largest absolute Gasteiger partial charge is 0.388 e. The van der Waals surface area contributed by atoms with Gasteiger partial charge < -0.3 is 15.3 Å². The molecule has 2 rings (SSSR count). The Hall–Kier alpha value is -1.06. The maximum atomic E-state index is 10.5. The van der Waals surface area contributed by atoms with Gasteiger partial charge in [-0.2, -0.15) is 0 Å². The average molecular weight is 276 g/mol. The Morgan fingerprint density at radius 3 is 2.60 bits per heavy atom. The van der Waals surface area contributed by atoms with E-state index in [0.717, 1.165) is 45.3 Å². The lowest BCUT2D eigenvalue weighted by Crippen LogP contribution is -2.39. The number of benzene rings is 1. The van der Waals surface area contributed by atoms with Crippen LogP contribution < -0.4 is 10.2 Å². The molecule has 3 heteroatoms. The van der Waals surface area contributed by atoms with Crippen LogP contribution in [0.15, 0.2) is 18.2 Å². The Kier molecular flexibility index (Phi) is 5.06. The minimum Gasteiger partial charge on any atom is -0.388 e. The highest BCUT2D eigenvalue weighted by Crippen LogP contribution is 2.32. The van der Waals surface area contributed by atoms with Gasteiger partial charge in [-0.15, -0.1) is 0 Å². The van der Waals surface area contributed by atoms with Gasteiger partial charge in [0.15, 0.2) is 0 Å². The number of anilines is 1. The van der Waals surface area contributed by atoms with Crippen molar-refractivity contribution in [1.82, 2.24) is 5.32 Å². The minimum absolute atomic E-state index is 0.483. The zero-order chi connectivity index (χ0) is 14.6. The minimum atomic E-state index is -0.483. The molecule has 1 aromatic rings. The van der Waals surface area contributed by atoms with Crippen molar-refractivity contribution in [2.45, 2.75) is 51.7 Å². The van der Waals surface area contributed by atoms with E-state index in [1.807, 2.05) is 0 Å². The molecule has 0 aliphatic heterocycles. The zero-order valence-corrected chi connectivity index (χ0v) is 13.1. The maximum absolute atomic E-state index is 10.5. The Morgan fingerprint density at radius 2 is 2.00 bits per heavy atom.